The van der Waals surface area contributed by atoms with Crippen LogP contribution in [0.1, 0.15) is 25.0 Å². The van der Waals surface area contributed by atoms with Crippen molar-refractivity contribution in [3.8, 4) is 0 Å². The summed E-state index contributed by atoms with van der Waals surface area (Å²) in [5.41, 5.74) is 7.33. The van der Waals surface area contributed by atoms with Crippen molar-refractivity contribution in [2.75, 3.05) is 0 Å². The van der Waals surface area contributed by atoms with E-state index in [-0.39, 0.29) is 5.41 Å². The molecule has 2 aromatic carbocycles. The van der Waals surface area contributed by atoms with Crippen molar-refractivity contribution in [3.05, 3.63) is 145 Å². The summed E-state index contributed by atoms with van der Waals surface area (Å²) in [5.74, 6) is 0. The van der Waals surface area contributed by atoms with Crippen LogP contribution in [0.2, 0.25) is 0 Å². The minimum atomic E-state index is -0.335. The molecular formula is C27H28. The van der Waals surface area contributed by atoms with Gasteiger partial charge in [0.25, 0.3) is 0 Å². The lowest BCUT2D eigenvalue weighted by atomic mass is 9.66. The van der Waals surface area contributed by atoms with Crippen LogP contribution < -0.4 is 0 Å². The number of allylic oxidation sites excluding steroid dienone is 8. The van der Waals surface area contributed by atoms with Crippen LogP contribution in [0.5, 0.6) is 0 Å². The summed E-state index contributed by atoms with van der Waals surface area (Å²) in [4.78, 5) is 0. The van der Waals surface area contributed by atoms with E-state index in [4.69, 9.17) is 0 Å². The van der Waals surface area contributed by atoms with Gasteiger partial charge in [-0.05, 0) is 47.3 Å². The molecule has 0 heterocycles. The summed E-state index contributed by atoms with van der Waals surface area (Å²) in [6.07, 6.45) is 8.08. The van der Waals surface area contributed by atoms with E-state index in [0.717, 1.165) is 0 Å². The predicted octanol–water partition coefficient (Wildman–Crippen LogP) is 7.35. The zero-order chi connectivity index (χ0) is 19.9. The zero-order valence-corrected chi connectivity index (χ0v) is 16.4. The third kappa shape index (κ3) is 3.31. The quantitative estimate of drug-likeness (QED) is 0.390. The van der Waals surface area contributed by atoms with Crippen molar-refractivity contribution in [1.29, 1.82) is 0 Å². The number of hydrogen-bond donors (Lipinski definition) is 0. The Balaban J connectivity index is 0.00000126. The van der Waals surface area contributed by atoms with Crippen molar-refractivity contribution in [3.63, 3.8) is 0 Å². The molecule has 0 radical (unpaired) electrons. The SMILES string of the molecule is C=C.C=C/C=C\C1=C(C)C(C)=C(C=C)C1(c1ccccc1)c1ccccc1. The first-order valence-corrected chi connectivity index (χ1v) is 9.13. The second kappa shape index (κ2) is 9.00. The van der Waals surface area contributed by atoms with E-state index < -0.39 is 0 Å². The van der Waals surface area contributed by atoms with Gasteiger partial charge in [-0.15, -0.1) is 13.2 Å². The lowest BCUT2D eigenvalue weighted by molar-refractivity contribution is 0.753. The molecule has 0 aromatic heterocycles. The van der Waals surface area contributed by atoms with Crippen LogP contribution in [-0.4, -0.2) is 0 Å². The summed E-state index contributed by atoms with van der Waals surface area (Å²) in [6.45, 7) is 18.4. The van der Waals surface area contributed by atoms with Gasteiger partial charge in [0, 0.05) is 0 Å². The van der Waals surface area contributed by atoms with Gasteiger partial charge in [0.2, 0.25) is 0 Å². The summed E-state index contributed by atoms with van der Waals surface area (Å²) in [7, 11) is 0. The van der Waals surface area contributed by atoms with Gasteiger partial charge in [-0.1, -0.05) is 98.1 Å². The van der Waals surface area contributed by atoms with Crippen molar-refractivity contribution in [2.45, 2.75) is 19.3 Å². The molecule has 1 aliphatic carbocycles. The lowest BCUT2D eigenvalue weighted by Gasteiger charge is -2.35. The maximum atomic E-state index is 4.16. The maximum absolute atomic E-state index is 4.16. The minimum absolute atomic E-state index is 0.335. The van der Waals surface area contributed by atoms with Crippen LogP contribution in [0.4, 0.5) is 0 Å². The number of rotatable bonds is 5. The fraction of sp³-hybridized carbons (Fsp3) is 0.111. The summed E-state index contributed by atoms with van der Waals surface area (Å²) >= 11 is 0. The smallest absolute Gasteiger partial charge is 0.0706 e. The Morgan fingerprint density at radius 3 is 1.56 bits per heavy atom. The topological polar surface area (TPSA) is 0 Å². The molecule has 0 saturated carbocycles. The summed E-state index contributed by atoms with van der Waals surface area (Å²) in [5, 5.41) is 0. The van der Waals surface area contributed by atoms with E-state index in [1.54, 1.807) is 0 Å². The summed E-state index contributed by atoms with van der Waals surface area (Å²) < 4.78 is 0. The van der Waals surface area contributed by atoms with E-state index in [1.165, 1.54) is 33.4 Å². The number of hydrogen-bond acceptors (Lipinski definition) is 0. The Bertz CT molecular complexity index is 850. The zero-order valence-electron chi connectivity index (χ0n) is 16.4. The maximum Gasteiger partial charge on any atom is 0.0706 e. The van der Waals surface area contributed by atoms with Crippen molar-refractivity contribution >= 4 is 0 Å². The van der Waals surface area contributed by atoms with Gasteiger partial charge in [-0.2, -0.15) is 0 Å². The Labute approximate surface area is 164 Å². The van der Waals surface area contributed by atoms with Crippen LogP contribution >= 0.6 is 0 Å². The van der Waals surface area contributed by atoms with E-state index in [2.05, 4.69) is 107 Å². The first-order valence-electron chi connectivity index (χ1n) is 9.13. The average Bonchev–Trinajstić information content (AvgIpc) is 2.96. The first kappa shape index (κ1) is 20.2. The van der Waals surface area contributed by atoms with Gasteiger partial charge in [0.05, 0.1) is 5.41 Å². The van der Waals surface area contributed by atoms with E-state index >= 15 is 0 Å². The van der Waals surface area contributed by atoms with Gasteiger partial charge < -0.3 is 0 Å². The van der Waals surface area contributed by atoms with Gasteiger partial charge >= 0.3 is 0 Å². The van der Waals surface area contributed by atoms with Crippen LogP contribution in [0.15, 0.2) is 134 Å². The number of benzene rings is 2. The normalized spacial score (nSPS) is 15.5. The molecule has 27 heavy (non-hydrogen) atoms. The third-order valence-corrected chi connectivity index (χ3v) is 5.20. The highest BCUT2D eigenvalue weighted by molar-refractivity contribution is 5.72. The highest BCUT2D eigenvalue weighted by Gasteiger charge is 2.45. The fourth-order valence-corrected chi connectivity index (χ4v) is 4.00. The molecule has 0 amide bonds. The Kier molecular flexibility index (Phi) is 6.73. The molecule has 0 fully saturated rings. The molecule has 2 aromatic rings. The van der Waals surface area contributed by atoms with Crippen LogP contribution in [-0.2, 0) is 5.41 Å². The van der Waals surface area contributed by atoms with Gasteiger partial charge in [-0.3, -0.25) is 0 Å². The predicted molar refractivity (Wildman–Crippen MR) is 120 cm³/mol. The Morgan fingerprint density at radius 2 is 1.15 bits per heavy atom. The van der Waals surface area contributed by atoms with Crippen LogP contribution in [0, 0.1) is 0 Å². The second-order valence-electron chi connectivity index (χ2n) is 6.36. The second-order valence-corrected chi connectivity index (χ2v) is 6.36. The van der Waals surface area contributed by atoms with Crippen molar-refractivity contribution in [1.82, 2.24) is 0 Å². The molecule has 3 rings (SSSR count). The summed E-state index contributed by atoms with van der Waals surface area (Å²) in [6, 6.07) is 21.4. The third-order valence-electron chi connectivity index (χ3n) is 5.20. The molecule has 0 nitrogen and oxygen atoms in total. The molecule has 0 spiro atoms. The van der Waals surface area contributed by atoms with E-state index in [0.29, 0.717) is 0 Å². The van der Waals surface area contributed by atoms with Gasteiger partial charge in [-0.25, -0.2) is 0 Å². The minimum Gasteiger partial charge on any atom is -0.106 e. The fourth-order valence-electron chi connectivity index (χ4n) is 4.00. The first-order chi connectivity index (χ1) is 13.2. The highest BCUT2D eigenvalue weighted by atomic mass is 14.5. The lowest BCUT2D eigenvalue weighted by Crippen LogP contribution is -2.30. The molecule has 136 valence electrons. The molecule has 0 aliphatic heterocycles. The van der Waals surface area contributed by atoms with Crippen LogP contribution in [0.25, 0.3) is 0 Å². The molecular weight excluding hydrogens is 324 g/mol. The van der Waals surface area contributed by atoms with Crippen molar-refractivity contribution < 1.29 is 0 Å². The van der Waals surface area contributed by atoms with Gasteiger partial charge in [0.1, 0.15) is 0 Å². The monoisotopic (exact) mass is 352 g/mol. The molecule has 0 unspecified atom stereocenters. The largest absolute Gasteiger partial charge is 0.106 e. The molecule has 0 saturated heterocycles. The van der Waals surface area contributed by atoms with E-state index in [1.807, 2.05) is 18.2 Å². The molecule has 0 N–H and O–H groups in total. The Hall–Kier alpha value is -3.12. The highest BCUT2D eigenvalue weighted by Crippen LogP contribution is 2.54. The Morgan fingerprint density at radius 1 is 0.704 bits per heavy atom. The van der Waals surface area contributed by atoms with Crippen LogP contribution in [0.3, 0.4) is 0 Å². The standard InChI is InChI=1S/C25H24.C2H4/c1-5-7-18-24-20(4)19(3)23(6-2)25(24,21-14-10-8-11-15-21)22-16-12-9-13-17-22;1-2/h5-18H,1-2H2,3-4H3;1-2H2/b18-7-;. The molecule has 0 bridgehead atoms. The molecule has 1 aliphatic rings. The molecule has 0 heteroatoms. The van der Waals surface area contributed by atoms with E-state index in [9.17, 15) is 0 Å². The van der Waals surface area contributed by atoms with Gasteiger partial charge in [0.15, 0.2) is 0 Å². The van der Waals surface area contributed by atoms with Crippen molar-refractivity contribution in [2.24, 2.45) is 0 Å². The average molecular weight is 353 g/mol. The molecule has 0 atom stereocenters.